The van der Waals surface area contributed by atoms with E-state index in [0.717, 1.165) is 5.56 Å². The molecule has 0 bridgehead atoms. The fourth-order valence-corrected chi connectivity index (χ4v) is 1.88. The number of rotatable bonds is 3. The molecule has 110 valence electrons. The van der Waals surface area contributed by atoms with E-state index in [9.17, 15) is 14.7 Å². The number of aryl methyl sites for hydroxylation is 3. The highest BCUT2D eigenvalue weighted by molar-refractivity contribution is 6.04. The maximum atomic E-state index is 11.9. The van der Waals surface area contributed by atoms with Crippen LogP contribution in [0.1, 0.15) is 21.5 Å². The van der Waals surface area contributed by atoms with E-state index >= 15 is 0 Å². The quantitative estimate of drug-likeness (QED) is 0.780. The summed E-state index contributed by atoms with van der Waals surface area (Å²) >= 11 is 0. The molecule has 21 heavy (non-hydrogen) atoms. The lowest BCUT2D eigenvalue weighted by Crippen LogP contribution is -2.22. The first-order valence-corrected chi connectivity index (χ1v) is 6.03. The average molecular weight is 290 g/mol. The number of hydrogen-bond donors (Lipinski definition) is 3. The van der Waals surface area contributed by atoms with Crippen LogP contribution in [0.2, 0.25) is 0 Å². The molecular formula is C12H14N6O3. The fraction of sp³-hybridized carbons (Fsp3) is 0.250. The number of hydrogen-bond acceptors (Lipinski definition) is 5. The van der Waals surface area contributed by atoms with Crippen LogP contribution < -0.4 is 10.6 Å². The summed E-state index contributed by atoms with van der Waals surface area (Å²) < 4.78 is 0. The summed E-state index contributed by atoms with van der Waals surface area (Å²) in [5.74, 6) is -1.09. The minimum Gasteiger partial charge on any atom is -0.478 e. The third-order valence-electron chi connectivity index (χ3n) is 2.68. The van der Waals surface area contributed by atoms with Gasteiger partial charge in [-0.05, 0) is 36.3 Å². The first-order chi connectivity index (χ1) is 9.86. The van der Waals surface area contributed by atoms with Gasteiger partial charge >= 0.3 is 12.0 Å². The number of aromatic carboxylic acids is 1. The van der Waals surface area contributed by atoms with E-state index in [1.54, 1.807) is 27.0 Å². The van der Waals surface area contributed by atoms with Crippen molar-refractivity contribution < 1.29 is 14.7 Å². The second kappa shape index (κ2) is 5.57. The van der Waals surface area contributed by atoms with E-state index in [4.69, 9.17) is 0 Å². The van der Waals surface area contributed by atoms with Gasteiger partial charge in [0.1, 0.15) is 0 Å². The summed E-state index contributed by atoms with van der Waals surface area (Å²) in [5, 5.41) is 25.0. The van der Waals surface area contributed by atoms with Gasteiger partial charge in [0.25, 0.3) is 5.95 Å². The Kier molecular flexibility index (Phi) is 3.83. The molecular weight excluding hydrogens is 276 g/mol. The number of carboxylic acids is 1. The molecule has 9 heteroatoms. The van der Waals surface area contributed by atoms with Crippen molar-refractivity contribution in [2.75, 3.05) is 10.6 Å². The minimum absolute atomic E-state index is 0.0229. The van der Waals surface area contributed by atoms with Gasteiger partial charge in [-0.2, -0.15) is 4.80 Å². The molecule has 0 aliphatic rings. The predicted octanol–water partition coefficient (Wildman–Crippen LogP) is 1.17. The third-order valence-corrected chi connectivity index (χ3v) is 2.68. The maximum absolute atomic E-state index is 11.9. The number of anilines is 2. The van der Waals surface area contributed by atoms with E-state index in [1.165, 1.54) is 10.9 Å². The van der Waals surface area contributed by atoms with Gasteiger partial charge in [-0.3, -0.25) is 5.32 Å². The molecule has 1 heterocycles. The first-order valence-electron chi connectivity index (χ1n) is 6.03. The molecule has 0 aliphatic carbocycles. The molecule has 1 aromatic heterocycles. The molecule has 2 rings (SSSR count). The van der Waals surface area contributed by atoms with E-state index in [0.29, 0.717) is 5.56 Å². The van der Waals surface area contributed by atoms with E-state index in [1.807, 2.05) is 0 Å². The number of aromatic nitrogens is 4. The third kappa shape index (κ3) is 3.32. The zero-order valence-corrected chi connectivity index (χ0v) is 11.7. The number of benzene rings is 1. The Hall–Kier alpha value is -2.97. The van der Waals surface area contributed by atoms with Crippen LogP contribution in [-0.4, -0.2) is 37.3 Å². The zero-order chi connectivity index (χ0) is 15.6. The summed E-state index contributed by atoms with van der Waals surface area (Å²) in [7, 11) is 1.56. The van der Waals surface area contributed by atoms with Crippen LogP contribution in [0.25, 0.3) is 0 Å². The lowest BCUT2D eigenvalue weighted by atomic mass is 10.0. The highest BCUT2D eigenvalue weighted by Gasteiger charge is 2.16. The number of tetrazole rings is 1. The highest BCUT2D eigenvalue weighted by Crippen LogP contribution is 2.23. The van der Waals surface area contributed by atoms with Gasteiger partial charge in [0, 0.05) is 0 Å². The monoisotopic (exact) mass is 290 g/mol. The molecule has 0 spiro atoms. The normalized spacial score (nSPS) is 10.2. The molecule has 0 atom stereocenters. The van der Waals surface area contributed by atoms with Gasteiger partial charge in [0.05, 0.1) is 18.3 Å². The largest absolute Gasteiger partial charge is 0.478 e. The Bertz CT molecular complexity index is 709. The van der Waals surface area contributed by atoms with E-state index in [-0.39, 0.29) is 17.2 Å². The van der Waals surface area contributed by atoms with Crippen molar-refractivity contribution in [2.45, 2.75) is 13.8 Å². The van der Waals surface area contributed by atoms with E-state index in [2.05, 4.69) is 26.0 Å². The molecule has 0 unspecified atom stereocenters. The van der Waals surface area contributed by atoms with Crippen LogP contribution >= 0.6 is 0 Å². The number of carbonyl (C=O) groups excluding carboxylic acids is 1. The number of urea groups is 1. The molecule has 0 fully saturated rings. The van der Waals surface area contributed by atoms with Crippen LogP contribution in [0.4, 0.5) is 16.4 Å². The SMILES string of the molecule is Cc1cc(C)c(NC(=O)Nc2nnn(C)n2)c(C(=O)O)c1. The number of amides is 2. The lowest BCUT2D eigenvalue weighted by molar-refractivity contribution is 0.0698. The maximum Gasteiger partial charge on any atom is 0.337 e. The first kappa shape index (κ1) is 14.4. The van der Waals surface area contributed by atoms with Crippen molar-refractivity contribution in [3.63, 3.8) is 0 Å². The van der Waals surface area contributed by atoms with Crippen molar-refractivity contribution in [2.24, 2.45) is 7.05 Å². The molecule has 2 aromatic rings. The second-order valence-corrected chi connectivity index (χ2v) is 4.49. The van der Waals surface area contributed by atoms with Crippen LogP contribution in [0.5, 0.6) is 0 Å². The van der Waals surface area contributed by atoms with Crippen molar-refractivity contribution in [3.05, 3.63) is 28.8 Å². The van der Waals surface area contributed by atoms with Crippen LogP contribution in [0, 0.1) is 13.8 Å². The summed E-state index contributed by atoms with van der Waals surface area (Å²) in [6, 6.07) is 2.63. The van der Waals surface area contributed by atoms with Gasteiger partial charge in [-0.25, -0.2) is 9.59 Å². The summed E-state index contributed by atoms with van der Waals surface area (Å²) in [5.41, 5.74) is 1.70. The molecule has 9 nitrogen and oxygen atoms in total. The summed E-state index contributed by atoms with van der Waals surface area (Å²) in [6.45, 7) is 3.50. The number of nitrogens with zero attached hydrogens (tertiary/aromatic N) is 4. The van der Waals surface area contributed by atoms with Crippen LogP contribution in [-0.2, 0) is 7.05 Å². The lowest BCUT2D eigenvalue weighted by Gasteiger charge is -2.12. The van der Waals surface area contributed by atoms with Crippen LogP contribution in [0.15, 0.2) is 12.1 Å². The van der Waals surface area contributed by atoms with Gasteiger partial charge in [-0.1, -0.05) is 11.2 Å². The molecule has 2 amide bonds. The standard InChI is InChI=1S/C12H14N6O3/c1-6-4-7(2)9(8(5-6)10(19)20)13-12(21)14-11-15-17-18(3)16-11/h4-5H,1-3H3,(H,19,20)(H2,13,14,16,21). The molecule has 1 aromatic carbocycles. The highest BCUT2D eigenvalue weighted by atomic mass is 16.4. The minimum atomic E-state index is -1.12. The molecule has 0 saturated carbocycles. The zero-order valence-electron chi connectivity index (χ0n) is 11.7. The number of carboxylic acid groups (broad SMARTS) is 1. The Morgan fingerprint density at radius 1 is 1.24 bits per heavy atom. The smallest absolute Gasteiger partial charge is 0.337 e. The Morgan fingerprint density at radius 2 is 1.95 bits per heavy atom. The molecule has 0 saturated heterocycles. The second-order valence-electron chi connectivity index (χ2n) is 4.49. The van der Waals surface area contributed by atoms with Gasteiger partial charge in [-0.15, -0.1) is 5.10 Å². The van der Waals surface area contributed by atoms with Crippen molar-refractivity contribution in [1.82, 2.24) is 20.2 Å². The van der Waals surface area contributed by atoms with Crippen molar-refractivity contribution in [3.8, 4) is 0 Å². The topological polar surface area (TPSA) is 122 Å². The van der Waals surface area contributed by atoms with Gasteiger partial charge in [0.15, 0.2) is 0 Å². The van der Waals surface area contributed by atoms with Crippen molar-refractivity contribution >= 4 is 23.6 Å². The Balaban J connectivity index is 2.22. The Morgan fingerprint density at radius 3 is 2.52 bits per heavy atom. The number of nitrogens with one attached hydrogen (secondary N) is 2. The number of carbonyl (C=O) groups is 2. The molecule has 0 aliphatic heterocycles. The fourth-order valence-electron chi connectivity index (χ4n) is 1.88. The summed E-state index contributed by atoms with van der Waals surface area (Å²) in [6.07, 6.45) is 0. The predicted molar refractivity (Wildman–Crippen MR) is 74.3 cm³/mol. The van der Waals surface area contributed by atoms with Gasteiger partial charge in [0.2, 0.25) is 0 Å². The Labute approximate surface area is 120 Å². The molecule has 3 N–H and O–H groups in total. The van der Waals surface area contributed by atoms with Crippen LogP contribution in [0.3, 0.4) is 0 Å². The van der Waals surface area contributed by atoms with Crippen molar-refractivity contribution in [1.29, 1.82) is 0 Å². The average Bonchev–Trinajstić information content (AvgIpc) is 2.77. The van der Waals surface area contributed by atoms with E-state index < -0.39 is 12.0 Å². The van der Waals surface area contributed by atoms with Gasteiger partial charge < -0.3 is 10.4 Å². The summed E-state index contributed by atoms with van der Waals surface area (Å²) in [4.78, 5) is 24.3. The molecule has 0 radical (unpaired) electrons.